The summed E-state index contributed by atoms with van der Waals surface area (Å²) in [5.74, 6) is 1.92. The molecular weight excluding hydrogens is 412 g/mol. The number of amides is 1. The summed E-state index contributed by atoms with van der Waals surface area (Å²) in [4.78, 5) is 14.6. The molecule has 0 bridgehead atoms. The summed E-state index contributed by atoms with van der Waals surface area (Å²) in [7, 11) is 0. The molecule has 4 rings (SSSR count). The molecule has 1 aliphatic rings. The van der Waals surface area contributed by atoms with E-state index in [-0.39, 0.29) is 24.9 Å². The second-order valence-electron chi connectivity index (χ2n) is 7.32. The number of anilines is 2. The van der Waals surface area contributed by atoms with Crippen LogP contribution >= 0.6 is 12.4 Å². The highest BCUT2D eigenvalue weighted by Gasteiger charge is 2.11. The normalized spacial score (nSPS) is 13.1. The molecule has 0 saturated carbocycles. The van der Waals surface area contributed by atoms with Gasteiger partial charge in [0.05, 0.1) is 0 Å². The number of nitrogens with one attached hydrogen (secondary N) is 1. The van der Waals surface area contributed by atoms with Gasteiger partial charge in [-0.05, 0) is 79.9 Å². The van der Waals surface area contributed by atoms with Gasteiger partial charge in [-0.3, -0.25) is 4.79 Å². The lowest BCUT2D eigenvalue weighted by atomic mass is 10.1. The number of carbonyl (C=O) groups is 1. The molecule has 1 fully saturated rings. The molecule has 1 amide bonds. The molecule has 0 aromatic heterocycles. The fourth-order valence-corrected chi connectivity index (χ4v) is 3.48. The Morgan fingerprint density at radius 2 is 1.39 bits per heavy atom. The summed E-state index contributed by atoms with van der Waals surface area (Å²) < 4.78 is 11.3. The van der Waals surface area contributed by atoms with Crippen LogP contribution in [0.5, 0.6) is 17.2 Å². The molecule has 1 aliphatic heterocycles. The molecule has 31 heavy (non-hydrogen) atoms. The quantitative estimate of drug-likeness (QED) is 0.498. The van der Waals surface area contributed by atoms with Crippen molar-refractivity contribution in [3.8, 4) is 17.2 Å². The molecule has 5 nitrogen and oxygen atoms in total. The van der Waals surface area contributed by atoms with E-state index in [1.54, 1.807) is 12.1 Å². The molecule has 0 aliphatic carbocycles. The van der Waals surface area contributed by atoms with Gasteiger partial charge in [0.2, 0.25) is 0 Å². The third-order valence-electron chi connectivity index (χ3n) is 5.04. The van der Waals surface area contributed by atoms with Crippen LogP contribution in [0.3, 0.4) is 0 Å². The second kappa shape index (κ2) is 11.3. The van der Waals surface area contributed by atoms with Gasteiger partial charge in [0.25, 0.3) is 5.91 Å². The monoisotopic (exact) mass is 438 g/mol. The largest absolute Gasteiger partial charge is 0.484 e. The lowest BCUT2D eigenvalue weighted by molar-refractivity contribution is -0.118. The average molecular weight is 439 g/mol. The third-order valence-corrected chi connectivity index (χ3v) is 5.04. The predicted molar refractivity (Wildman–Crippen MR) is 127 cm³/mol. The molecule has 0 atom stereocenters. The van der Waals surface area contributed by atoms with Crippen molar-refractivity contribution < 1.29 is 14.3 Å². The van der Waals surface area contributed by atoms with Crippen molar-refractivity contribution in [3.05, 3.63) is 78.9 Å². The van der Waals surface area contributed by atoms with Gasteiger partial charge < -0.3 is 19.7 Å². The number of carbonyl (C=O) groups excluding carboxylic acids is 1. The van der Waals surface area contributed by atoms with E-state index in [2.05, 4.69) is 22.3 Å². The number of hydrogen-bond acceptors (Lipinski definition) is 4. The summed E-state index contributed by atoms with van der Waals surface area (Å²) >= 11 is 0. The molecule has 0 spiro atoms. The van der Waals surface area contributed by atoms with Gasteiger partial charge in [0.15, 0.2) is 6.61 Å². The first-order valence-electron chi connectivity index (χ1n) is 10.4. The van der Waals surface area contributed by atoms with Crippen LogP contribution in [0.4, 0.5) is 11.4 Å². The van der Waals surface area contributed by atoms with E-state index in [9.17, 15) is 4.79 Å². The fourth-order valence-electron chi connectivity index (χ4n) is 3.48. The number of nitrogens with zero attached hydrogens (tertiary/aromatic N) is 1. The van der Waals surface area contributed by atoms with Crippen LogP contribution in [0.2, 0.25) is 0 Å². The van der Waals surface area contributed by atoms with Gasteiger partial charge in [0, 0.05) is 24.5 Å². The maximum atomic E-state index is 12.2. The van der Waals surface area contributed by atoms with Crippen molar-refractivity contribution in [1.29, 1.82) is 0 Å². The minimum absolute atomic E-state index is 0. The number of benzene rings is 3. The van der Waals surface area contributed by atoms with Crippen molar-refractivity contribution in [3.63, 3.8) is 0 Å². The molecule has 6 heteroatoms. The number of halogens is 1. The smallest absolute Gasteiger partial charge is 0.262 e. The Labute approximate surface area is 189 Å². The van der Waals surface area contributed by atoms with Crippen LogP contribution in [0.25, 0.3) is 0 Å². The SMILES string of the molecule is Cl.O=C(COc1ccc(Oc2ccccc2)cc1)Nc1ccc(N2CCCCC2)cc1. The van der Waals surface area contributed by atoms with Gasteiger partial charge in [-0.1, -0.05) is 18.2 Å². The number of ether oxygens (including phenoxy) is 2. The zero-order valence-corrected chi connectivity index (χ0v) is 18.1. The van der Waals surface area contributed by atoms with Crippen LogP contribution in [-0.2, 0) is 4.79 Å². The highest BCUT2D eigenvalue weighted by Crippen LogP contribution is 2.24. The highest BCUT2D eigenvalue weighted by molar-refractivity contribution is 5.92. The Balaban J connectivity index is 0.00000272. The van der Waals surface area contributed by atoms with Gasteiger partial charge >= 0.3 is 0 Å². The van der Waals surface area contributed by atoms with E-state index >= 15 is 0 Å². The predicted octanol–water partition coefficient (Wildman–Crippen LogP) is 5.91. The standard InChI is InChI=1S/C25H26N2O3.ClH/c28-25(26-20-9-11-21(12-10-20)27-17-5-2-6-18-27)19-29-22-13-15-24(16-14-22)30-23-7-3-1-4-8-23;/h1,3-4,7-16H,2,5-6,17-19H2,(H,26,28);1H. The lowest BCUT2D eigenvalue weighted by Gasteiger charge is -2.28. The summed E-state index contributed by atoms with van der Waals surface area (Å²) in [5, 5.41) is 2.88. The Kier molecular flexibility index (Phi) is 8.19. The van der Waals surface area contributed by atoms with E-state index in [0.717, 1.165) is 24.5 Å². The van der Waals surface area contributed by atoms with Crippen molar-refractivity contribution in [2.75, 3.05) is 29.9 Å². The van der Waals surface area contributed by atoms with Crippen molar-refractivity contribution in [2.24, 2.45) is 0 Å². The minimum Gasteiger partial charge on any atom is -0.484 e. The van der Waals surface area contributed by atoms with E-state index in [0.29, 0.717) is 11.5 Å². The maximum Gasteiger partial charge on any atom is 0.262 e. The first-order valence-corrected chi connectivity index (χ1v) is 10.4. The minimum atomic E-state index is -0.190. The van der Waals surface area contributed by atoms with Crippen LogP contribution in [-0.4, -0.2) is 25.6 Å². The van der Waals surface area contributed by atoms with Crippen LogP contribution in [0.15, 0.2) is 78.9 Å². The molecule has 1 saturated heterocycles. The van der Waals surface area contributed by atoms with Gasteiger partial charge in [0.1, 0.15) is 17.2 Å². The molecule has 3 aromatic carbocycles. The summed E-state index contributed by atoms with van der Waals surface area (Å²) in [6.07, 6.45) is 3.80. The number of para-hydroxylation sites is 1. The maximum absolute atomic E-state index is 12.2. The third kappa shape index (κ3) is 6.66. The Morgan fingerprint density at radius 3 is 2.06 bits per heavy atom. The lowest BCUT2D eigenvalue weighted by Crippen LogP contribution is -2.29. The number of piperidine rings is 1. The Morgan fingerprint density at radius 1 is 0.774 bits per heavy atom. The Hall–Kier alpha value is -3.18. The van der Waals surface area contributed by atoms with E-state index in [1.165, 1.54) is 24.9 Å². The van der Waals surface area contributed by atoms with Gasteiger partial charge in [-0.15, -0.1) is 12.4 Å². The van der Waals surface area contributed by atoms with E-state index in [1.807, 2.05) is 54.6 Å². The summed E-state index contributed by atoms with van der Waals surface area (Å²) in [5.41, 5.74) is 1.98. The van der Waals surface area contributed by atoms with Crippen LogP contribution < -0.4 is 19.7 Å². The molecular formula is C25H27ClN2O3. The van der Waals surface area contributed by atoms with E-state index < -0.39 is 0 Å². The molecule has 0 unspecified atom stereocenters. The van der Waals surface area contributed by atoms with E-state index in [4.69, 9.17) is 9.47 Å². The van der Waals surface area contributed by atoms with Crippen LogP contribution in [0, 0.1) is 0 Å². The first-order chi connectivity index (χ1) is 14.8. The fraction of sp³-hybridized carbons (Fsp3) is 0.240. The van der Waals surface area contributed by atoms with Crippen molar-refractivity contribution in [1.82, 2.24) is 0 Å². The van der Waals surface area contributed by atoms with Crippen molar-refractivity contribution in [2.45, 2.75) is 19.3 Å². The Bertz CT molecular complexity index is 941. The molecule has 1 N–H and O–H groups in total. The van der Waals surface area contributed by atoms with Gasteiger partial charge in [-0.25, -0.2) is 0 Å². The first kappa shape index (κ1) is 22.5. The van der Waals surface area contributed by atoms with Crippen LogP contribution in [0.1, 0.15) is 19.3 Å². The van der Waals surface area contributed by atoms with Crippen molar-refractivity contribution >= 4 is 29.7 Å². The summed E-state index contributed by atoms with van der Waals surface area (Å²) in [6, 6.07) is 24.8. The summed E-state index contributed by atoms with van der Waals surface area (Å²) in [6.45, 7) is 2.16. The van der Waals surface area contributed by atoms with Gasteiger partial charge in [-0.2, -0.15) is 0 Å². The molecule has 1 heterocycles. The number of rotatable bonds is 7. The number of hydrogen-bond donors (Lipinski definition) is 1. The molecule has 3 aromatic rings. The zero-order chi connectivity index (χ0) is 20.6. The average Bonchev–Trinajstić information content (AvgIpc) is 2.80. The topological polar surface area (TPSA) is 50.8 Å². The zero-order valence-electron chi connectivity index (χ0n) is 17.3. The molecule has 162 valence electrons. The highest BCUT2D eigenvalue weighted by atomic mass is 35.5. The molecule has 0 radical (unpaired) electrons. The second-order valence-corrected chi connectivity index (χ2v) is 7.32.